The van der Waals surface area contributed by atoms with Crippen LogP contribution in [0.15, 0.2) is 162 Å². The standard InChI is InChI=1S/C54H40O/c1-3-14-45-43(12-1)51(35-22-20-34(21-23-35)39-16-9-17-47-42-11-6-8-19-50(42)55-53(39)47)44-13-2-4-15-46(44)52(45)36-24-25-41-40-10-5-7-18-48(40)54(49(41)31-36)37-27-32-26-33(29-37)30-38(54)28-32/h1-25,31-33,37-38H,26-30H2. The van der Waals surface area contributed by atoms with Gasteiger partial charge in [0.2, 0.25) is 0 Å². The van der Waals surface area contributed by atoms with Crippen LogP contribution in [0.3, 0.4) is 0 Å². The molecule has 4 fully saturated rings. The zero-order chi connectivity index (χ0) is 35.8. The van der Waals surface area contributed by atoms with Gasteiger partial charge in [-0.15, -0.1) is 0 Å². The summed E-state index contributed by atoms with van der Waals surface area (Å²) in [6.07, 6.45) is 7.08. The molecule has 5 aliphatic carbocycles. The average molecular weight is 705 g/mol. The second kappa shape index (κ2) is 11.1. The van der Waals surface area contributed by atoms with Crippen LogP contribution in [0.5, 0.6) is 0 Å². The summed E-state index contributed by atoms with van der Waals surface area (Å²) in [6, 6.07) is 59.4. The van der Waals surface area contributed by atoms with Crippen LogP contribution in [-0.2, 0) is 5.41 Å². The van der Waals surface area contributed by atoms with E-state index < -0.39 is 0 Å². The van der Waals surface area contributed by atoms with E-state index in [1.54, 1.807) is 11.1 Å². The molecule has 5 aliphatic rings. The SMILES string of the molecule is c1ccc2c(c1)-c1ccc(-c3c4ccccc4c(-c4ccc(-c5cccc6c5oc5ccccc56)cc4)c4ccccc34)cc1C21C2CC3CC(C2)CC1C3. The highest BCUT2D eigenvalue weighted by Crippen LogP contribution is 2.69. The second-order valence-corrected chi connectivity index (χ2v) is 17.2. The molecule has 262 valence electrons. The molecule has 0 saturated heterocycles. The molecule has 1 heteroatoms. The van der Waals surface area contributed by atoms with Crippen molar-refractivity contribution in [1.29, 1.82) is 0 Å². The largest absolute Gasteiger partial charge is 0.455 e. The van der Waals surface area contributed by atoms with Crippen molar-refractivity contribution in [3.63, 3.8) is 0 Å². The quantitative estimate of drug-likeness (QED) is 0.167. The topological polar surface area (TPSA) is 13.1 Å². The van der Waals surface area contributed by atoms with Gasteiger partial charge in [-0.25, -0.2) is 0 Å². The third kappa shape index (κ3) is 4.03. The first kappa shape index (κ1) is 30.4. The van der Waals surface area contributed by atoms with Gasteiger partial charge in [-0.2, -0.15) is 0 Å². The molecule has 1 heterocycles. The summed E-state index contributed by atoms with van der Waals surface area (Å²) in [7, 11) is 0. The van der Waals surface area contributed by atoms with Gasteiger partial charge in [-0.1, -0.05) is 146 Å². The third-order valence-electron chi connectivity index (χ3n) is 14.7. The summed E-state index contributed by atoms with van der Waals surface area (Å²) in [5, 5.41) is 7.57. The lowest BCUT2D eigenvalue weighted by molar-refractivity contribution is -0.0399. The van der Waals surface area contributed by atoms with E-state index in [4.69, 9.17) is 4.42 Å². The summed E-state index contributed by atoms with van der Waals surface area (Å²) in [5.41, 5.74) is 15.8. The van der Waals surface area contributed by atoms with Gasteiger partial charge in [0, 0.05) is 21.8 Å². The zero-order valence-corrected chi connectivity index (χ0v) is 30.8. The molecule has 9 aromatic rings. The molecule has 55 heavy (non-hydrogen) atoms. The maximum Gasteiger partial charge on any atom is 0.143 e. The molecule has 0 N–H and O–H groups in total. The van der Waals surface area contributed by atoms with Gasteiger partial charge in [0.05, 0.1) is 0 Å². The molecule has 8 aromatic carbocycles. The van der Waals surface area contributed by atoms with Crippen LogP contribution in [0.1, 0.15) is 43.2 Å². The van der Waals surface area contributed by atoms with Gasteiger partial charge in [0.15, 0.2) is 0 Å². The Morgan fingerprint density at radius 3 is 1.58 bits per heavy atom. The van der Waals surface area contributed by atoms with Gasteiger partial charge in [0.25, 0.3) is 0 Å². The molecule has 1 aromatic heterocycles. The second-order valence-electron chi connectivity index (χ2n) is 17.2. The van der Waals surface area contributed by atoms with Crippen molar-refractivity contribution in [1.82, 2.24) is 0 Å². The van der Waals surface area contributed by atoms with Crippen molar-refractivity contribution >= 4 is 43.5 Å². The van der Waals surface area contributed by atoms with Gasteiger partial charge < -0.3 is 4.42 Å². The highest BCUT2D eigenvalue weighted by atomic mass is 16.3. The Bertz CT molecular complexity index is 2960. The van der Waals surface area contributed by atoms with Crippen LogP contribution in [0.4, 0.5) is 0 Å². The predicted molar refractivity (Wildman–Crippen MR) is 228 cm³/mol. The third-order valence-corrected chi connectivity index (χ3v) is 14.7. The van der Waals surface area contributed by atoms with Gasteiger partial charge in [0.1, 0.15) is 11.2 Å². The van der Waals surface area contributed by atoms with E-state index in [0.29, 0.717) is 0 Å². The average Bonchev–Trinajstić information content (AvgIpc) is 3.75. The highest BCUT2D eigenvalue weighted by molar-refractivity contribution is 6.21. The lowest BCUT2D eigenvalue weighted by Gasteiger charge is -2.61. The van der Waals surface area contributed by atoms with Crippen molar-refractivity contribution in [3.8, 4) is 44.5 Å². The van der Waals surface area contributed by atoms with E-state index >= 15 is 0 Å². The Kier molecular flexibility index (Phi) is 6.13. The normalized spacial score (nSPS) is 23.3. The Labute approximate surface area is 321 Å². The number of hydrogen-bond acceptors (Lipinski definition) is 1. The van der Waals surface area contributed by atoms with Gasteiger partial charge in [-0.05, 0) is 140 Å². The van der Waals surface area contributed by atoms with E-state index in [2.05, 4.69) is 152 Å². The van der Waals surface area contributed by atoms with Crippen molar-refractivity contribution in [2.24, 2.45) is 23.7 Å². The van der Waals surface area contributed by atoms with Crippen LogP contribution in [0.25, 0.3) is 88.0 Å². The molecule has 0 atom stereocenters. The Hall–Kier alpha value is -5.92. The van der Waals surface area contributed by atoms with Crippen molar-refractivity contribution < 1.29 is 4.42 Å². The zero-order valence-electron chi connectivity index (χ0n) is 30.8. The molecule has 4 bridgehead atoms. The summed E-state index contributed by atoms with van der Waals surface area (Å²) < 4.78 is 6.43. The van der Waals surface area contributed by atoms with Crippen molar-refractivity contribution in [2.75, 3.05) is 0 Å². The minimum absolute atomic E-state index is 0.148. The minimum Gasteiger partial charge on any atom is -0.455 e. The maximum absolute atomic E-state index is 6.43. The van der Waals surface area contributed by atoms with Crippen LogP contribution >= 0.6 is 0 Å². The lowest BCUT2D eigenvalue weighted by Crippen LogP contribution is -2.55. The maximum atomic E-state index is 6.43. The summed E-state index contributed by atoms with van der Waals surface area (Å²) in [6.45, 7) is 0. The number of benzene rings is 8. The summed E-state index contributed by atoms with van der Waals surface area (Å²) >= 11 is 0. The van der Waals surface area contributed by atoms with Crippen LogP contribution in [0.2, 0.25) is 0 Å². The van der Waals surface area contributed by atoms with E-state index in [1.807, 2.05) is 6.07 Å². The summed E-state index contributed by atoms with van der Waals surface area (Å²) in [4.78, 5) is 0. The van der Waals surface area contributed by atoms with E-state index in [9.17, 15) is 0 Å². The Morgan fingerprint density at radius 1 is 0.382 bits per heavy atom. The molecule has 4 saturated carbocycles. The van der Waals surface area contributed by atoms with Crippen molar-refractivity contribution in [3.05, 3.63) is 169 Å². The van der Waals surface area contributed by atoms with Gasteiger partial charge in [-0.3, -0.25) is 0 Å². The van der Waals surface area contributed by atoms with E-state index in [-0.39, 0.29) is 5.41 Å². The van der Waals surface area contributed by atoms with Crippen molar-refractivity contribution in [2.45, 2.75) is 37.5 Å². The molecule has 0 amide bonds. The number of para-hydroxylation sites is 2. The van der Waals surface area contributed by atoms with E-state index in [1.165, 1.54) is 87.0 Å². The fourth-order valence-corrected chi connectivity index (χ4v) is 12.8. The summed E-state index contributed by atoms with van der Waals surface area (Å²) in [5.74, 6) is 3.36. The molecule has 0 aliphatic heterocycles. The van der Waals surface area contributed by atoms with Crippen LogP contribution in [-0.4, -0.2) is 0 Å². The Morgan fingerprint density at radius 2 is 0.891 bits per heavy atom. The van der Waals surface area contributed by atoms with E-state index in [0.717, 1.165) is 56.7 Å². The molecular formula is C54H40O. The fraction of sp³-hybridized carbons (Fsp3) is 0.185. The first-order valence-corrected chi connectivity index (χ1v) is 20.4. The first-order chi connectivity index (χ1) is 27.2. The number of rotatable bonds is 3. The molecule has 0 radical (unpaired) electrons. The number of furan rings is 1. The monoisotopic (exact) mass is 704 g/mol. The predicted octanol–water partition coefficient (Wildman–Crippen LogP) is 14.6. The van der Waals surface area contributed by atoms with Crippen LogP contribution in [0, 0.1) is 23.7 Å². The number of fused-ring (bicyclic) bond motifs is 8. The molecular weight excluding hydrogens is 665 g/mol. The minimum atomic E-state index is 0.148. The highest BCUT2D eigenvalue weighted by Gasteiger charge is 2.61. The smallest absolute Gasteiger partial charge is 0.143 e. The fourth-order valence-electron chi connectivity index (χ4n) is 12.8. The number of hydrogen-bond donors (Lipinski definition) is 0. The molecule has 14 rings (SSSR count). The van der Waals surface area contributed by atoms with Crippen LogP contribution < -0.4 is 0 Å². The molecule has 1 spiro atoms. The Balaban J connectivity index is 0.994. The first-order valence-electron chi connectivity index (χ1n) is 20.4. The molecule has 0 unspecified atom stereocenters. The van der Waals surface area contributed by atoms with Gasteiger partial charge >= 0.3 is 0 Å². The lowest BCUT2D eigenvalue weighted by atomic mass is 9.43. The molecule has 1 nitrogen and oxygen atoms in total.